The second-order valence-corrected chi connectivity index (χ2v) is 10.4. The zero-order valence-corrected chi connectivity index (χ0v) is 21.6. The molecule has 4 aromatic rings. The normalized spacial score (nSPS) is 21.2. The summed E-state index contributed by atoms with van der Waals surface area (Å²) in [4.78, 5) is 20.5. The number of anilines is 1. The molecule has 0 aliphatic carbocycles. The number of nitrogens with zero attached hydrogens (tertiary/aromatic N) is 10. The third-order valence-electron chi connectivity index (χ3n) is 7.21. The Kier molecular flexibility index (Phi) is 5.69. The molecular weight excluding hydrogens is 475 g/mol. The first-order valence-electron chi connectivity index (χ1n) is 12.3. The molecule has 0 aromatic carbocycles. The average Bonchev–Trinajstić information content (AvgIpc) is 3.55. The van der Waals surface area contributed by atoms with Gasteiger partial charge in [0, 0.05) is 49.8 Å². The molecule has 2 aliphatic rings. The van der Waals surface area contributed by atoms with E-state index in [1.807, 2.05) is 40.9 Å². The van der Waals surface area contributed by atoms with Gasteiger partial charge < -0.3 is 18.9 Å². The molecule has 1 atom stereocenters. The van der Waals surface area contributed by atoms with Crippen LogP contribution in [0, 0.1) is 0 Å². The molecule has 0 bridgehead atoms. The quantitative estimate of drug-likeness (QED) is 0.355. The Hall–Kier alpha value is -3.49. The average molecular weight is 504 g/mol. The van der Waals surface area contributed by atoms with E-state index in [0.717, 1.165) is 11.0 Å². The number of ether oxygens (including phenoxy) is 1. The van der Waals surface area contributed by atoms with Gasteiger partial charge in [0.1, 0.15) is 0 Å². The summed E-state index contributed by atoms with van der Waals surface area (Å²) in [5.41, 5.74) is 2.65. The summed E-state index contributed by atoms with van der Waals surface area (Å²) in [5, 5.41) is 12.7. The van der Waals surface area contributed by atoms with E-state index in [4.69, 9.17) is 19.0 Å². The lowest BCUT2D eigenvalue weighted by atomic mass is 9.81. The van der Waals surface area contributed by atoms with E-state index in [1.165, 1.54) is 0 Å². The van der Waals surface area contributed by atoms with Crippen molar-refractivity contribution >= 4 is 29.8 Å². The Labute approximate surface area is 214 Å². The van der Waals surface area contributed by atoms with Crippen LogP contribution in [-0.4, -0.2) is 88.8 Å². The van der Waals surface area contributed by atoms with Crippen LogP contribution in [0.3, 0.4) is 0 Å². The standard InChI is InChI=1S/C23H29BN10O3/c1-22(2)23(3,4)37-24(36-22)16-9-26-21(27-10-16)33-6-7-35-17(13-33)14-34-20-19(30-31-34)25-11-18(29-20)15-8-28-32(5)12-15/h8-12,17H,6-7,13-14H2,1-5H3/t17-/m0/s1. The molecule has 13 nitrogen and oxygen atoms in total. The van der Waals surface area contributed by atoms with Crippen molar-refractivity contribution < 1.29 is 14.0 Å². The van der Waals surface area contributed by atoms with Crippen molar-refractivity contribution in [3.8, 4) is 11.3 Å². The predicted octanol–water partition coefficient (Wildman–Crippen LogP) is 0.616. The van der Waals surface area contributed by atoms with E-state index in [0.29, 0.717) is 49.2 Å². The van der Waals surface area contributed by atoms with Crippen LogP contribution in [-0.2, 0) is 27.6 Å². The molecule has 2 aliphatic heterocycles. The first kappa shape index (κ1) is 23.9. The molecule has 37 heavy (non-hydrogen) atoms. The van der Waals surface area contributed by atoms with Crippen LogP contribution in [0.4, 0.5) is 5.95 Å². The van der Waals surface area contributed by atoms with Gasteiger partial charge in [-0.25, -0.2) is 24.6 Å². The number of aryl methyl sites for hydroxylation is 1. The van der Waals surface area contributed by atoms with Crippen LogP contribution in [0.5, 0.6) is 0 Å². The number of morpholine rings is 1. The Morgan fingerprint density at radius 3 is 2.49 bits per heavy atom. The van der Waals surface area contributed by atoms with Crippen molar-refractivity contribution in [3.63, 3.8) is 0 Å². The topological polar surface area (TPSA) is 131 Å². The maximum atomic E-state index is 6.12. The largest absolute Gasteiger partial charge is 0.498 e. The van der Waals surface area contributed by atoms with Gasteiger partial charge in [0.25, 0.3) is 0 Å². The van der Waals surface area contributed by atoms with Gasteiger partial charge in [-0.05, 0) is 27.7 Å². The zero-order valence-electron chi connectivity index (χ0n) is 21.6. The Morgan fingerprint density at radius 2 is 1.78 bits per heavy atom. The predicted molar refractivity (Wildman–Crippen MR) is 135 cm³/mol. The van der Waals surface area contributed by atoms with Crippen molar-refractivity contribution in [1.82, 2.24) is 44.7 Å². The first-order chi connectivity index (χ1) is 17.7. The number of hydrogen-bond acceptors (Lipinski definition) is 11. The molecule has 0 unspecified atom stereocenters. The van der Waals surface area contributed by atoms with E-state index in [9.17, 15) is 0 Å². The minimum absolute atomic E-state index is 0.145. The van der Waals surface area contributed by atoms with E-state index in [-0.39, 0.29) is 6.10 Å². The fourth-order valence-corrected chi connectivity index (χ4v) is 4.37. The summed E-state index contributed by atoms with van der Waals surface area (Å²) in [6, 6.07) is 0. The minimum atomic E-state index is -0.491. The van der Waals surface area contributed by atoms with Gasteiger partial charge in [0.2, 0.25) is 11.6 Å². The second-order valence-electron chi connectivity index (χ2n) is 10.4. The molecular formula is C23H29BN10O3. The molecule has 0 amide bonds. The number of hydrogen-bond donors (Lipinski definition) is 0. The van der Waals surface area contributed by atoms with Crippen LogP contribution in [0.1, 0.15) is 27.7 Å². The smallest absolute Gasteiger partial charge is 0.399 e. The summed E-state index contributed by atoms with van der Waals surface area (Å²) in [6.45, 7) is 10.4. The molecule has 0 radical (unpaired) electrons. The third kappa shape index (κ3) is 4.45. The maximum absolute atomic E-state index is 6.12. The van der Waals surface area contributed by atoms with Gasteiger partial charge in [-0.3, -0.25) is 4.68 Å². The van der Waals surface area contributed by atoms with Gasteiger partial charge in [0.05, 0.1) is 48.5 Å². The fourth-order valence-electron chi connectivity index (χ4n) is 4.37. The number of rotatable bonds is 5. The highest BCUT2D eigenvalue weighted by molar-refractivity contribution is 6.61. The number of aromatic nitrogens is 9. The Morgan fingerprint density at radius 1 is 1.03 bits per heavy atom. The van der Waals surface area contributed by atoms with E-state index in [2.05, 4.69) is 35.3 Å². The van der Waals surface area contributed by atoms with Crippen LogP contribution in [0.15, 0.2) is 31.0 Å². The van der Waals surface area contributed by atoms with Crippen LogP contribution >= 0.6 is 0 Å². The highest BCUT2D eigenvalue weighted by atomic mass is 16.7. The summed E-state index contributed by atoms with van der Waals surface area (Å²) in [5.74, 6) is 0.635. The lowest BCUT2D eigenvalue weighted by Gasteiger charge is -2.32. The molecule has 0 N–H and O–H groups in total. The number of fused-ring (bicyclic) bond motifs is 1. The highest BCUT2D eigenvalue weighted by Gasteiger charge is 2.52. The van der Waals surface area contributed by atoms with Crippen molar-refractivity contribution in [2.45, 2.75) is 51.5 Å². The Bertz CT molecular complexity index is 1400. The molecule has 192 valence electrons. The van der Waals surface area contributed by atoms with Crippen molar-refractivity contribution in [2.75, 3.05) is 24.6 Å². The highest BCUT2D eigenvalue weighted by Crippen LogP contribution is 2.36. The van der Waals surface area contributed by atoms with Crippen molar-refractivity contribution in [2.24, 2.45) is 7.05 Å². The van der Waals surface area contributed by atoms with Crippen LogP contribution in [0.25, 0.3) is 22.6 Å². The van der Waals surface area contributed by atoms with E-state index >= 15 is 0 Å². The minimum Gasteiger partial charge on any atom is -0.399 e. The van der Waals surface area contributed by atoms with Crippen molar-refractivity contribution in [3.05, 3.63) is 31.0 Å². The molecule has 6 heterocycles. The lowest BCUT2D eigenvalue weighted by molar-refractivity contribution is 0.00578. The third-order valence-corrected chi connectivity index (χ3v) is 7.21. The SMILES string of the molecule is Cn1cc(-c2cnc3nnn(C[C@@H]4CN(c5ncc(B6OC(C)(C)C(C)(C)O6)cn5)CCO4)c3n2)cn1. The lowest BCUT2D eigenvalue weighted by Crippen LogP contribution is -2.45. The molecule has 0 spiro atoms. The fraction of sp³-hybridized carbons (Fsp3) is 0.522. The van der Waals surface area contributed by atoms with Gasteiger partial charge in [0.15, 0.2) is 5.65 Å². The molecule has 2 saturated heterocycles. The summed E-state index contributed by atoms with van der Waals surface area (Å²) in [6.07, 6.45) is 8.73. The van der Waals surface area contributed by atoms with Gasteiger partial charge in [-0.15, -0.1) is 5.10 Å². The van der Waals surface area contributed by atoms with Gasteiger partial charge in [-0.2, -0.15) is 5.10 Å². The molecule has 2 fully saturated rings. The first-order valence-corrected chi connectivity index (χ1v) is 12.3. The molecule has 6 rings (SSSR count). The Balaban J connectivity index is 1.15. The van der Waals surface area contributed by atoms with Gasteiger partial charge >= 0.3 is 7.12 Å². The zero-order chi connectivity index (χ0) is 25.8. The summed E-state index contributed by atoms with van der Waals surface area (Å²) in [7, 11) is 1.37. The van der Waals surface area contributed by atoms with Crippen molar-refractivity contribution in [1.29, 1.82) is 0 Å². The van der Waals surface area contributed by atoms with Crippen LogP contribution < -0.4 is 10.4 Å². The van der Waals surface area contributed by atoms with Crippen LogP contribution in [0.2, 0.25) is 0 Å². The van der Waals surface area contributed by atoms with Gasteiger partial charge in [-0.1, -0.05) is 5.21 Å². The summed E-state index contributed by atoms with van der Waals surface area (Å²) >= 11 is 0. The second kappa shape index (κ2) is 8.82. The van der Waals surface area contributed by atoms with E-state index < -0.39 is 18.3 Å². The molecule has 4 aromatic heterocycles. The maximum Gasteiger partial charge on any atom is 0.498 e. The van der Waals surface area contributed by atoms with E-state index in [1.54, 1.807) is 34.2 Å². The summed E-state index contributed by atoms with van der Waals surface area (Å²) < 4.78 is 21.7. The molecule has 14 heteroatoms. The monoisotopic (exact) mass is 504 g/mol. The molecule has 0 saturated carbocycles.